The summed E-state index contributed by atoms with van der Waals surface area (Å²) < 4.78 is 11.2. The van der Waals surface area contributed by atoms with E-state index in [4.69, 9.17) is 14.3 Å². The van der Waals surface area contributed by atoms with Crippen LogP contribution in [0.15, 0.2) is 47.8 Å². The van der Waals surface area contributed by atoms with E-state index in [2.05, 4.69) is 15.5 Å². The molecule has 0 fully saturated rings. The van der Waals surface area contributed by atoms with Gasteiger partial charge in [-0.15, -0.1) is 0 Å². The predicted molar refractivity (Wildman–Crippen MR) is 96.4 cm³/mol. The Bertz CT molecular complexity index is 837. The molecule has 1 aliphatic heterocycles. The van der Waals surface area contributed by atoms with Crippen LogP contribution in [-0.2, 0) is 16.2 Å². The molecule has 7 heteroatoms. The molecule has 2 aromatic rings. The average Bonchev–Trinajstić information content (AvgIpc) is 3.01. The number of nitrogens with one attached hydrogen (secondary N) is 1. The van der Waals surface area contributed by atoms with Crippen LogP contribution in [0.25, 0.3) is 0 Å². The van der Waals surface area contributed by atoms with Crippen LogP contribution in [0, 0.1) is 0 Å². The normalized spacial score (nSPS) is 18.7. The first kappa shape index (κ1) is 17.7. The van der Waals surface area contributed by atoms with E-state index < -0.39 is 5.60 Å². The summed E-state index contributed by atoms with van der Waals surface area (Å²) in [5.74, 6) is 1.33. The molecule has 7 nitrogen and oxygen atoms in total. The van der Waals surface area contributed by atoms with E-state index in [1.807, 2.05) is 25.1 Å². The third-order valence-electron chi connectivity index (χ3n) is 4.04. The fourth-order valence-electron chi connectivity index (χ4n) is 2.67. The molecule has 0 saturated heterocycles. The van der Waals surface area contributed by atoms with Gasteiger partial charge in [-0.05, 0) is 32.0 Å². The van der Waals surface area contributed by atoms with Crippen LogP contribution >= 0.6 is 0 Å². The number of hydrogen-bond donors (Lipinski definition) is 1. The lowest BCUT2D eigenvalue weighted by molar-refractivity contribution is -0.141. The van der Waals surface area contributed by atoms with Crippen molar-refractivity contribution in [2.75, 3.05) is 7.11 Å². The molecule has 0 bridgehead atoms. The van der Waals surface area contributed by atoms with E-state index in [0.717, 1.165) is 11.3 Å². The molecule has 1 atom stereocenters. The molecule has 0 saturated carbocycles. The van der Waals surface area contributed by atoms with Crippen LogP contribution in [0.5, 0.6) is 17.4 Å². The molecule has 0 aliphatic carbocycles. The summed E-state index contributed by atoms with van der Waals surface area (Å²) in [5.41, 5.74) is 0.561. The maximum absolute atomic E-state index is 12.5. The molecular weight excluding hydrogens is 334 g/mol. The second-order valence-electron chi connectivity index (χ2n) is 6.23. The fraction of sp³-hybridized carbons (Fsp3) is 0.316. The van der Waals surface area contributed by atoms with E-state index in [1.54, 1.807) is 38.4 Å². The Balaban J connectivity index is 1.71. The average molecular weight is 355 g/mol. The Morgan fingerprint density at radius 2 is 2.04 bits per heavy atom. The van der Waals surface area contributed by atoms with Gasteiger partial charge in [0.25, 0.3) is 5.91 Å². The topological polar surface area (TPSA) is 82.0 Å². The number of ether oxygens (including phenoxy) is 2. The zero-order valence-corrected chi connectivity index (χ0v) is 15.0. The lowest BCUT2D eigenvalue weighted by Gasteiger charge is -2.20. The van der Waals surface area contributed by atoms with Crippen LogP contribution < -0.4 is 14.8 Å². The number of carbonyl (C=O) groups is 1. The molecule has 1 aromatic heterocycles. The van der Waals surface area contributed by atoms with Crippen LogP contribution in [-0.4, -0.2) is 29.3 Å². The first-order valence-electron chi connectivity index (χ1n) is 8.26. The maximum Gasteiger partial charge on any atom is 0.267 e. The van der Waals surface area contributed by atoms with E-state index >= 15 is 0 Å². The molecule has 0 unspecified atom stereocenters. The lowest BCUT2D eigenvalue weighted by atomic mass is 9.99. The summed E-state index contributed by atoms with van der Waals surface area (Å²) in [5, 5.41) is 6.73. The number of nitrogens with zero attached hydrogens (tertiary/aromatic N) is 2. The molecule has 2 heterocycles. The number of aromatic nitrogens is 1. The van der Waals surface area contributed by atoms with Crippen molar-refractivity contribution in [3.63, 3.8) is 0 Å². The molecule has 1 aliphatic rings. The quantitative estimate of drug-likeness (QED) is 0.861. The second kappa shape index (κ2) is 7.43. The predicted octanol–water partition coefficient (Wildman–Crippen LogP) is 3.05. The Morgan fingerprint density at radius 3 is 2.73 bits per heavy atom. The van der Waals surface area contributed by atoms with Gasteiger partial charge in [0.15, 0.2) is 11.5 Å². The van der Waals surface area contributed by atoms with Gasteiger partial charge in [0.2, 0.25) is 11.5 Å². The van der Waals surface area contributed by atoms with E-state index in [-0.39, 0.29) is 12.5 Å². The molecule has 0 spiro atoms. The minimum absolute atomic E-state index is 0.231. The first-order valence-corrected chi connectivity index (χ1v) is 8.26. The molecule has 26 heavy (non-hydrogen) atoms. The zero-order chi connectivity index (χ0) is 18.6. The van der Waals surface area contributed by atoms with Gasteiger partial charge in [-0.2, -0.15) is 0 Å². The van der Waals surface area contributed by atoms with Gasteiger partial charge in [-0.25, -0.2) is 4.98 Å². The molecule has 1 aromatic carbocycles. The van der Waals surface area contributed by atoms with Crippen molar-refractivity contribution < 1.29 is 19.1 Å². The minimum atomic E-state index is -0.976. The van der Waals surface area contributed by atoms with Gasteiger partial charge in [-0.3, -0.25) is 4.79 Å². The summed E-state index contributed by atoms with van der Waals surface area (Å²) in [4.78, 5) is 22.0. The monoisotopic (exact) mass is 355 g/mol. The smallest absolute Gasteiger partial charge is 0.267 e. The van der Waals surface area contributed by atoms with Crippen LogP contribution in [0.2, 0.25) is 0 Å². The largest absolute Gasteiger partial charge is 0.493 e. The summed E-state index contributed by atoms with van der Waals surface area (Å²) in [7, 11) is 1.58. The van der Waals surface area contributed by atoms with E-state index in [1.165, 1.54) is 0 Å². The van der Waals surface area contributed by atoms with Crippen LogP contribution in [0.3, 0.4) is 0 Å². The van der Waals surface area contributed by atoms with Crippen molar-refractivity contribution in [3.8, 4) is 17.4 Å². The van der Waals surface area contributed by atoms with Crippen molar-refractivity contribution in [2.24, 2.45) is 5.16 Å². The number of oxime groups is 1. The Hall–Kier alpha value is -3.09. The van der Waals surface area contributed by atoms with Gasteiger partial charge in [0.1, 0.15) is 0 Å². The Labute approximate surface area is 152 Å². The highest BCUT2D eigenvalue weighted by Gasteiger charge is 2.40. The summed E-state index contributed by atoms with van der Waals surface area (Å²) in [6, 6.07) is 10.9. The lowest BCUT2D eigenvalue weighted by Crippen LogP contribution is -2.44. The van der Waals surface area contributed by atoms with Gasteiger partial charge in [-0.1, -0.05) is 23.4 Å². The molecule has 3 rings (SSSR count). The maximum atomic E-state index is 12.5. The Morgan fingerprint density at radius 1 is 1.27 bits per heavy atom. The molecule has 0 radical (unpaired) electrons. The van der Waals surface area contributed by atoms with Crippen molar-refractivity contribution in [2.45, 2.75) is 32.4 Å². The fourth-order valence-corrected chi connectivity index (χ4v) is 2.67. The van der Waals surface area contributed by atoms with Crippen LogP contribution in [0.4, 0.5) is 0 Å². The summed E-state index contributed by atoms with van der Waals surface area (Å²) in [6.45, 7) is 3.81. The summed E-state index contributed by atoms with van der Waals surface area (Å²) in [6.07, 6.45) is 2.10. The van der Waals surface area contributed by atoms with Crippen molar-refractivity contribution in [3.05, 3.63) is 48.2 Å². The third-order valence-corrected chi connectivity index (χ3v) is 4.04. The molecule has 136 valence electrons. The number of para-hydroxylation sites is 2. The molecule has 1 amide bonds. The zero-order valence-electron chi connectivity index (χ0n) is 15.0. The highest BCUT2D eigenvalue weighted by atomic mass is 16.7. The number of benzene rings is 1. The van der Waals surface area contributed by atoms with Crippen LogP contribution in [0.1, 0.15) is 25.8 Å². The number of amides is 1. The highest BCUT2D eigenvalue weighted by molar-refractivity contribution is 5.94. The molecule has 1 N–H and O–H groups in total. The van der Waals surface area contributed by atoms with Gasteiger partial charge >= 0.3 is 0 Å². The SMILES string of the molecule is COc1ccccc1Oc1ncccc1CNC(=O)[C@@]1(C)CC(C)=NO1. The van der Waals surface area contributed by atoms with Crippen molar-refractivity contribution in [1.29, 1.82) is 0 Å². The van der Waals surface area contributed by atoms with Crippen molar-refractivity contribution in [1.82, 2.24) is 10.3 Å². The number of carbonyl (C=O) groups excluding carboxylic acids is 1. The van der Waals surface area contributed by atoms with Gasteiger partial charge in [0, 0.05) is 24.7 Å². The van der Waals surface area contributed by atoms with Gasteiger partial charge < -0.3 is 19.6 Å². The number of pyridine rings is 1. The summed E-state index contributed by atoms with van der Waals surface area (Å²) >= 11 is 0. The van der Waals surface area contributed by atoms with Gasteiger partial charge in [0.05, 0.1) is 12.8 Å². The van der Waals surface area contributed by atoms with Crippen molar-refractivity contribution >= 4 is 11.6 Å². The second-order valence-corrected chi connectivity index (χ2v) is 6.23. The highest BCUT2D eigenvalue weighted by Crippen LogP contribution is 2.31. The Kier molecular flexibility index (Phi) is 5.06. The number of rotatable bonds is 6. The number of hydrogen-bond acceptors (Lipinski definition) is 6. The van der Waals surface area contributed by atoms with E-state index in [9.17, 15) is 4.79 Å². The minimum Gasteiger partial charge on any atom is -0.493 e. The number of methoxy groups -OCH3 is 1. The first-order chi connectivity index (χ1) is 12.5. The third kappa shape index (κ3) is 3.77. The standard InChI is InChI=1S/C19H21N3O4/c1-13-11-19(2,26-22-13)18(23)21-12-14-7-6-10-20-17(14)25-16-9-5-4-8-15(16)24-3/h4-10H,11-12H2,1-3H3,(H,21,23)/t19-/m1/s1. The van der Waals surface area contributed by atoms with E-state index in [0.29, 0.717) is 23.8 Å². The molecular formula is C19H21N3O4.